The molecule has 0 bridgehead atoms. The summed E-state index contributed by atoms with van der Waals surface area (Å²) < 4.78 is 4.27. The van der Waals surface area contributed by atoms with E-state index in [0.29, 0.717) is 5.52 Å². The number of aromatic nitrogens is 3. The topological polar surface area (TPSA) is 68.9 Å². The summed E-state index contributed by atoms with van der Waals surface area (Å²) in [6.07, 6.45) is 7.33. The van der Waals surface area contributed by atoms with Crippen LogP contribution in [0.1, 0.15) is 37.0 Å². The number of carbonyl (C=O) groups excluding carboxylic acids is 1. The van der Waals surface area contributed by atoms with Gasteiger partial charge in [0.1, 0.15) is 12.1 Å². The van der Waals surface area contributed by atoms with Crippen molar-refractivity contribution in [2.45, 2.75) is 51.6 Å². The van der Waals surface area contributed by atoms with E-state index in [-0.39, 0.29) is 24.1 Å². The first kappa shape index (κ1) is 16.3. The van der Waals surface area contributed by atoms with Crippen molar-refractivity contribution in [1.82, 2.24) is 19.7 Å². The Labute approximate surface area is 149 Å². The highest BCUT2D eigenvalue weighted by atomic mass is 32.1. The van der Waals surface area contributed by atoms with Crippen molar-refractivity contribution >= 4 is 38.4 Å². The van der Waals surface area contributed by atoms with Crippen LogP contribution in [-0.4, -0.2) is 26.3 Å². The van der Waals surface area contributed by atoms with Gasteiger partial charge < -0.3 is 9.88 Å². The Balaban J connectivity index is 1.64. The van der Waals surface area contributed by atoms with E-state index in [4.69, 9.17) is 0 Å². The molecular weight excluding hydrogens is 336 g/mol. The van der Waals surface area contributed by atoms with Crippen LogP contribution in [0, 0.1) is 6.92 Å². The highest BCUT2D eigenvalue weighted by molar-refractivity contribution is 7.20. The second-order valence-electron chi connectivity index (χ2n) is 6.90. The molecule has 1 aliphatic rings. The quantitative estimate of drug-likeness (QED) is 0.783. The summed E-state index contributed by atoms with van der Waals surface area (Å²) in [7, 11) is 1.89. The lowest BCUT2D eigenvalue weighted by Gasteiger charge is -2.22. The number of hydrogen-bond donors (Lipinski definition) is 1. The first-order valence-electron chi connectivity index (χ1n) is 8.78. The van der Waals surface area contributed by atoms with Crippen molar-refractivity contribution in [2.24, 2.45) is 7.05 Å². The zero-order valence-corrected chi connectivity index (χ0v) is 15.4. The molecule has 1 saturated carbocycles. The molecule has 0 radical (unpaired) electrons. The maximum Gasteiger partial charge on any atom is 0.291 e. The molecule has 7 heteroatoms. The van der Waals surface area contributed by atoms with Gasteiger partial charge in [0.25, 0.3) is 5.56 Å². The molecule has 3 aromatic rings. The number of fused-ring (bicyclic) bond motifs is 3. The smallest absolute Gasteiger partial charge is 0.291 e. The van der Waals surface area contributed by atoms with Gasteiger partial charge in [-0.2, -0.15) is 5.10 Å². The van der Waals surface area contributed by atoms with Crippen LogP contribution in [-0.2, 0) is 18.4 Å². The number of thiophene rings is 1. The molecule has 0 unspecified atom stereocenters. The molecule has 1 fully saturated rings. The van der Waals surface area contributed by atoms with E-state index in [1.807, 2.05) is 11.6 Å². The van der Waals surface area contributed by atoms with Gasteiger partial charge in [-0.3, -0.25) is 9.59 Å². The first-order valence-corrected chi connectivity index (χ1v) is 9.60. The summed E-state index contributed by atoms with van der Waals surface area (Å²) in [6, 6.07) is 2.32. The molecule has 132 valence electrons. The van der Waals surface area contributed by atoms with Gasteiger partial charge in [-0.25, -0.2) is 4.68 Å². The van der Waals surface area contributed by atoms with Crippen molar-refractivity contribution in [3.8, 4) is 0 Å². The summed E-state index contributed by atoms with van der Waals surface area (Å²) in [5, 5.41) is 8.16. The number of amides is 1. The van der Waals surface area contributed by atoms with Crippen LogP contribution in [0.3, 0.4) is 0 Å². The fraction of sp³-hybridized carbons (Fsp3) is 0.500. The molecule has 4 rings (SSSR count). The number of nitrogens with zero attached hydrogens (tertiary/aromatic N) is 3. The lowest BCUT2D eigenvalue weighted by Crippen LogP contribution is -2.40. The molecule has 0 aromatic carbocycles. The second kappa shape index (κ2) is 6.29. The fourth-order valence-electron chi connectivity index (χ4n) is 3.80. The predicted octanol–water partition coefficient (Wildman–Crippen LogP) is 2.71. The fourth-order valence-corrected chi connectivity index (χ4v) is 4.85. The summed E-state index contributed by atoms with van der Waals surface area (Å²) in [6.45, 7) is 2.03. The minimum Gasteiger partial charge on any atom is -0.352 e. The number of hydrogen-bond acceptors (Lipinski definition) is 4. The van der Waals surface area contributed by atoms with E-state index >= 15 is 0 Å². The van der Waals surface area contributed by atoms with Crippen molar-refractivity contribution in [2.75, 3.05) is 0 Å². The van der Waals surface area contributed by atoms with Gasteiger partial charge in [0.2, 0.25) is 5.91 Å². The molecule has 0 saturated heterocycles. The van der Waals surface area contributed by atoms with E-state index in [0.717, 1.165) is 41.3 Å². The minimum atomic E-state index is -0.208. The van der Waals surface area contributed by atoms with E-state index in [1.165, 1.54) is 16.0 Å². The number of aryl methyl sites for hydroxylation is 2. The van der Waals surface area contributed by atoms with Gasteiger partial charge in [-0.05, 0) is 25.8 Å². The normalized spacial score (nSPS) is 15.9. The van der Waals surface area contributed by atoms with Gasteiger partial charge in [-0.1, -0.05) is 19.3 Å². The van der Waals surface area contributed by atoms with Gasteiger partial charge in [0, 0.05) is 23.4 Å². The Kier molecular flexibility index (Phi) is 4.11. The number of rotatable bonds is 3. The Hall–Kier alpha value is -2.15. The van der Waals surface area contributed by atoms with Gasteiger partial charge in [0.05, 0.1) is 16.4 Å². The maximum atomic E-state index is 12.8. The van der Waals surface area contributed by atoms with Gasteiger partial charge in [0.15, 0.2) is 0 Å². The number of carbonyl (C=O) groups is 1. The van der Waals surface area contributed by atoms with Crippen LogP contribution < -0.4 is 10.9 Å². The van der Waals surface area contributed by atoms with E-state index in [1.54, 1.807) is 17.5 Å². The standard InChI is InChI=1S/C18H22N4O2S/c1-11-8-14-17(25-11)13-9-19-22(18(24)16(13)21(14)2)10-15(23)20-12-6-4-3-5-7-12/h8-9,12H,3-7,10H2,1-2H3,(H,20,23). The van der Waals surface area contributed by atoms with Gasteiger partial charge in [-0.15, -0.1) is 11.3 Å². The van der Waals surface area contributed by atoms with Crippen LogP contribution in [0.15, 0.2) is 17.1 Å². The lowest BCUT2D eigenvalue weighted by atomic mass is 9.95. The monoisotopic (exact) mass is 358 g/mol. The van der Waals surface area contributed by atoms with E-state index in [9.17, 15) is 9.59 Å². The summed E-state index contributed by atoms with van der Waals surface area (Å²) in [5.74, 6) is -0.132. The molecule has 3 aromatic heterocycles. The van der Waals surface area contributed by atoms with E-state index < -0.39 is 0 Å². The summed E-state index contributed by atoms with van der Waals surface area (Å²) in [4.78, 5) is 26.3. The summed E-state index contributed by atoms with van der Waals surface area (Å²) >= 11 is 1.67. The largest absolute Gasteiger partial charge is 0.352 e. The Morgan fingerprint density at radius 1 is 1.36 bits per heavy atom. The zero-order chi connectivity index (χ0) is 17.6. The van der Waals surface area contributed by atoms with Crippen LogP contribution in [0.5, 0.6) is 0 Å². The lowest BCUT2D eigenvalue weighted by molar-refractivity contribution is -0.122. The van der Waals surface area contributed by atoms with Crippen molar-refractivity contribution in [3.05, 3.63) is 27.5 Å². The van der Waals surface area contributed by atoms with Crippen molar-refractivity contribution in [3.63, 3.8) is 0 Å². The van der Waals surface area contributed by atoms with Crippen molar-refractivity contribution in [1.29, 1.82) is 0 Å². The Morgan fingerprint density at radius 3 is 2.88 bits per heavy atom. The first-order chi connectivity index (χ1) is 12.0. The third-order valence-electron chi connectivity index (χ3n) is 5.06. The molecule has 25 heavy (non-hydrogen) atoms. The zero-order valence-electron chi connectivity index (χ0n) is 14.5. The molecule has 6 nitrogen and oxygen atoms in total. The Bertz CT molecular complexity index is 1010. The highest BCUT2D eigenvalue weighted by Crippen LogP contribution is 2.32. The molecule has 0 aliphatic heterocycles. The molecular formula is C18H22N4O2S. The average molecular weight is 358 g/mol. The third-order valence-corrected chi connectivity index (χ3v) is 6.13. The molecule has 3 heterocycles. The molecule has 1 N–H and O–H groups in total. The number of nitrogens with one attached hydrogen (secondary N) is 1. The second-order valence-corrected chi connectivity index (χ2v) is 8.16. The van der Waals surface area contributed by atoms with Crippen LogP contribution in [0.25, 0.3) is 21.1 Å². The van der Waals surface area contributed by atoms with Gasteiger partial charge >= 0.3 is 0 Å². The third kappa shape index (κ3) is 2.86. The molecule has 1 aliphatic carbocycles. The van der Waals surface area contributed by atoms with E-state index in [2.05, 4.69) is 23.4 Å². The van der Waals surface area contributed by atoms with Crippen LogP contribution >= 0.6 is 11.3 Å². The highest BCUT2D eigenvalue weighted by Gasteiger charge is 2.19. The molecule has 1 amide bonds. The maximum absolute atomic E-state index is 12.8. The minimum absolute atomic E-state index is 0.0247. The summed E-state index contributed by atoms with van der Waals surface area (Å²) in [5.41, 5.74) is 1.45. The van der Waals surface area contributed by atoms with Crippen molar-refractivity contribution < 1.29 is 4.79 Å². The van der Waals surface area contributed by atoms with Crippen LogP contribution in [0.2, 0.25) is 0 Å². The average Bonchev–Trinajstić information content (AvgIpc) is 3.09. The Morgan fingerprint density at radius 2 is 2.12 bits per heavy atom. The van der Waals surface area contributed by atoms with Crippen LogP contribution in [0.4, 0.5) is 0 Å². The molecule has 0 spiro atoms. The molecule has 0 atom stereocenters. The SMILES string of the molecule is Cc1cc2c(s1)c1cnn(CC(=O)NC3CCCCC3)c(=O)c1n2C. The predicted molar refractivity (Wildman–Crippen MR) is 100 cm³/mol.